The molecule has 90 valence electrons. The lowest BCUT2D eigenvalue weighted by molar-refractivity contribution is -0.00337. The number of hydrogen-bond acceptors (Lipinski definition) is 2. The molecule has 1 aromatic carbocycles. The summed E-state index contributed by atoms with van der Waals surface area (Å²) in [4.78, 5) is 0. The zero-order valence-corrected chi connectivity index (χ0v) is 11.0. The molecule has 0 amide bonds. The van der Waals surface area contributed by atoms with Crippen LogP contribution in [-0.4, -0.2) is 24.9 Å². The standard InChI is InChI=1S/C12H19FO2Si/c1-16(2,3)9-12(15,8-14)10-4-6-11(13)7-5-10/h4-7,14-15H,8-9H2,1-3H3. The van der Waals surface area contributed by atoms with Crippen molar-refractivity contribution in [2.45, 2.75) is 31.3 Å². The number of aliphatic hydroxyl groups excluding tert-OH is 1. The molecule has 0 aromatic heterocycles. The maximum absolute atomic E-state index is 12.8. The Labute approximate surface area is 96.8 Å². The monoisotopic (exact) mass is 242 g/mol. The lowest BCUT2D eigenvalue weighted by Crippen LogP contribution is -2.38. The zero-order valence-electron chi connectivity index (χ0n) is 10.00. The summed E-state index contributed by atoms with van der Waals surface area (Å²) in [6.07, 6.45) is 0. The van der Waals surface area contributed by atoms with Gasteiger partial charge in [-0.15, -0.1) is 0 Å². The first-order chi connectivity index (χ1) is 7.27. The SMILES string of the molecule is C[Si](C)(C)CC(O)(CO)c1ccc(F)cc1. The van der Waals surface area contributed by atoms with Gasteiger partial charge in [0.1, 0.15) is 11.4 Å². The molecule has 0 radical (unpaired) electrons. The van der Waals surface area contributed by atoms with E-state index in [2.05, 4.69) is 19.6 Å². The van der Waals surface area contributed by atoms with Crippen molar-refractivity contribution < 1.29 is 14.6 Å². The Morgan fingerprint density at radius 3 is 2.06 bits per heavy atom. The van der Waals surface area contributed by atoms with Gasteiger partial charge in [0.2, 0.25) is 0 Å². The Kier molecular flexibility index (Phi) is 3.88. The molecule has 0 aliphatic rings. The minimum atomic E-state index is -1.51. The van der Waals surface area contributed by atoms with Gasteiger partial charge < -0.3 is 10.2 Å². The lowest BCUT2D eigenvalue weighted by Gasteiger charge is -2.32. The van der Waals surface area contributed by atoms with E-state index in [1.54, 1.807) is 0 Å². The molecule has 1 rings (SSSR count). The van der Waals surface area contributed by atoms with Crippen LogP contribution in [0.1, 0.15) is 5.56 Å². The molecule has 0 spiro atoms. The van der Waals surface area contributed by atoms with Crippen LogP contribution in [0.2, 0.25) is 25.7 Å². The quantitative estimate of drug-likeness (QED) is 0.796. The maximum atomic E-state index is 12.8. The van der Waals surface area contributed by atoms with Gasteiger partial charge in [-0.1, -0.05) is 31.8 Å². The summed E-state index contributed by atoms with van der Waals surface area (Å²) in [6, 6.07) is 6.24. The van der Waals surface area contributed by atoms with E-state index in [1.807, 2.05) is 0 Å². The van der Waals surface area contributed by atoms with Crippen LogP contribution in [0.25, 0.3) is 0 Å². The van der Waals surface area contributed by atoms with Crippen LogP contribution in [0, 0.1) is 5.82 Å². The molecule has 4 heteroatoms. The Balaban J connectivity index is 3.00. The predicted octanol–water partition coefficient (Wildman–Crippen LogP) is 2.34. The van der Waals surface area contributed by atoms with Crippen LogP contribution in [0.15, 0.2) is 24.3 Å². The van der Waals surface area contributed by atoms with E-state index < -0.39 is 13.7 Å². The Morgan fingerprint density at radius 1 is 1.19 bits per heavy atom. The van der Waals surface area contributed by atoms with Gasteiger partial charge in [0, 0.05) is 8.07 Å². The predicted molar refractivity (Wildman–Crippen MR) is 65.5 cm³/mol. The summed E-state index contributed by atoms with van der Waals surface area (Å²) in [5, 5.41) is 19.7. The van der Waals surface area contributed by atoms with Crippen molar-refractivity contribution >= 4 is 8.07 Å². The molecule has 16 heavy (non-hydrogen) atoms. The molecule has 1 atom stereocenters. The average molecular weight is 242 g/mol. The number of rotatable bonds is 4. The van der Waals surface area contributed by atoms with Crippen molar-refractivity contribution in [3.63, 3.8) is 0 Å². The maximum Gasteiger partial charge on any atom is 0.123 e. The molecule has 1 aromatic rings. The minimum absolute atomic E-state index is 0.330. The van der Waals surface area contributed by atoms with Crippen LogP contribution < -0.4 is 0 Å². The first-order valence-electron chi connectivity index (χ1n) is 5.36. The van der Waals surface area contributed by atoms with Gasteiger partial charge in [-0.2, -0.15) is 0 Å². The Hall–Kier alpha value is -0.713. The van der Waals surface area contributed by atoms with Gasteiger partial charge in [-0.3, -0.25) is 0 Å². The third-order valence-electron chi connectivity index (χ3n) is 2.47. The van der Waals surface area contributed by atoms with Crippen LogP contribution in [0.4, 0.5) is 4.39 Å². The zero-order chi connectivity index (χ0) is 12.4. The molecule has 0 fully saturated rings. The van der Waals surface area contributed by atoms with Gasteiger partial charge in [-0.25, -0.2) is 4.39 Å². The summed E-state index contributed by atoms with van der Waals surface area (Å²) in [6.45, 7) is 6.04. The average Bonchev–Trinajstić information content (AvgIpc) is 2.16. The van der Waals surface area contributed by atoms with Crippen LogP contribution >= 0.6 is 0 Å². The van der Waals surface area contributed by atoms with E-state index in [4.69, 9.17) is 0 Å². The largest absolute Gasteiger partial charge is 0.393 e. The second-order valence-electron chi connectivity index (χ2n) is 5.43. The molecule has 0 aliphatic heterocycles. The molecule has 0 bridgehead atoms. The fourth-order valence-electron chi connectivity index (χ4n) is 1.89. The van der Waals surface area contributed by atoms with E-state index in [9.17, 15) is 14.6 Å². The molecule has 1 unspecified atom stereocenters. The number of halogens is 1. The topological polar surface area (TPSA) is 40.5 Å². The van der Waals surface area contributed by atoms with Crippen LogP contribution in [0.5, 0.6) is 0 Å². The fourth-order valence-corrected chi connectivity index (χ4v) is 3.96. The van der Waals surface area contributed by atoms with Gasteiger partial charge in [0.25, 0.3) is 0 Å². The second-order valence-corrected chi connectivity index (χ2v) is 10.9. The first kappa shape index (κ1) is 13.4. The molecule has 0 heterocycles. The molecule has 0 aliphatic carbocycles. The second kappa shape index (κ2) is 4.65. The summed E-state index contributed by atoms with van der Waals surface area (Å²) in [5.74, 6) is -0.336. The van der Waals surface area contributed by atoms with Crippen molar-refractivity contribution in [1.82, 2.24) is 0 Å². The Morgan fingerprint density at radius 2 is 1.69 bits per heavy atom. The number of hydrogen-bond donors (Lipinski definition) is 2. The lowest BCUT2D eigenvalue weighted by atomic mass is 9.97. The highest BCUT2D eigenvalue weighted by molar-refractivity contribution is 6.76. The molecular weight excluding hydrogens is 223 g/mol. The third-order valence-corrected chi connectivity index (χ3v) is 4.11. The van der Waals surface area contributed by atoms with Crippen LogP contribution in [-0.2, 0) is 5.60 Å². The van der Waals surface area contributed by atoms with E-state index in [0.717, 1.165) is 0 Å². The van der Waals surface area contributed by atoms with Crippen molar-refractivity contribution in [1.29, 1.82) is 0 Å². The highest BCUT2D eigenvalue weighted by Gasteiger charge is 2.34. The van der Waals surface area contributed by atoms with Crippen molar-refractivity contribution in [3.05, 3.63) is 35.6 Å². The minimum Gasteiger partial charge on any atom is -0.393 e. The van der Waals surface area contributed by atoms with Gasteiger partial charge in [0.15, 0.2) is 0 Å². The summed E-state index contributed by atoms with van der Waals surface area (Å²) in [5.41, 5.74) is -0.656. The van der Waals surface area contributed by atoms with Crippen molar-refractivity contribution in [2.75, 3.05) is 6.61 Å². The van der Waals surface area contributed by atoms with E-state index in [0.29, 0.717) is 11.6 Å². The summed E-state index contributed by atoms with van der Waals surface area (Å²) < 4.78 is 12.8. The normalized spacial score (nSPS) is 15.9. The van der Waals surface area contributed by atoms with Gasteiger partial charge in [-0.05, 0) is 23.7 Å². The third kappa shape index (κ3) is 3.40. The van der Waals surface area contributed by atoms with E-state index in [1.165, 1.54) is 24.3 Å². The van der Waals surface area contributed by atoms with E-state index in [-0.39, 0.29) is 12.4 Å². The van der Waals surface area contributed by atoms with E-state index >= 15 is 0 Å². The molecule has 2 nitrogen and oxygen atoms in total. The fraction of sp³-hybridized carbons (Fsp3) is 0.500. The number of benzene rings is 1. The summed E-state index contributed by atoms with van der Waals surface area (Å²) >= 11 is 0. The Bertz CT molecular complexity index is 345. The summed E-state index contributed by atoms with van der Waals surface area (Å²) in [7, 11) is -1.51. The highest BCUT2D eigenvalue weighted by atomic mass is 28.3. The van der Waals surface area contributed by atoms with Gasteiger partial charge in [0.05, 0.1) is 6.61 Å². The molecule has 0 saturated heterocycles. The highest BCUT2D eigenvalue weighted by Crippen LogP contribution is 2.30. The molecule has 2 N–H and O–H groups in total. The van der Waals surface area contributed by atoms with Crippen molar-refractivity contribution in [3.8, 4) is 0 Å². The van der Waals surface area contributed by atoms with Gasteiger partial charge >= 0.3 is 0 Å². The van der Waals surface area contributed by atoms with Crippen LogP contribution in [0.3, 0.4) is 0 Å². The first-order valence-corrected chi connectivity index (χ1v) is 9.07. The smallest absolute Gasteiger partial charge is 0.123 e. The molecule has 0 saturated carbocycles. The molecular formula is C12H19FO2Si. The van der Waals surface area contributed by atoms with Crippen molar-refractivity contribution in [2.24, 2.45) is 0 Å². The number of aliphatic hydroxyl groups is 2.